The summed E-state index contributed by atoms with van der Waals surface area (Å²) in [7, 11) is -2.37. The zero-order chi connectivity index (χ0) is 28.3. The van der Waals surface area contributed by atoms with Crippen molar-refractivity contribution in [2.24, 2.45) is 5.73 Å². The van der Waals surface area contributed by atoms with Gasteiger partial charge in [0.1, 0.15) is 11.4 Å². The van der Waals surface area contributed by atoms with E-state index in [1.54, 1.807) is 61.7 Å². The third-order valence-corrected chi connectivity index (χ3v) is 7.88. The predicted molar refractivity (Wildman–Crippen MR) is 160 cm³/mol. The number of ether oxygens (including phenoxy) is 1. The fraction of sp³-hybridized carbons (Fsp3) is 0.103. The molecule has 4 N–H and O–H groups in total. The fourth-order valence-electron chi connectivity index (χ4n) is 4.31. The number of fused-ring (bicyclic) bond motifs is 1. The van der Waals surface area contributed by atoms with Crippen LogP contribution >= 0.6 is 12.4 Å². The molecule has 0 unspecified atom stereocenters. The van der Waals surface area contributed by atoms with Crippen molar-refractivity contribution < 1.29 is 17.9 Å². The van der Waals surface area contributed by atoms with Gasteiger partial charge in [0, 0.05) is 28.2 Å². The fourth-order valence-corrected chi connectivity index (χ4v) is 5.58. The zero-order valence-electron chi connectivity index (χ0n) is 22.2. The molecular formula is C29H27ClN6O4S. The highest BCUT2D eigenvalue weighted by Crippen LogP contribution is 2.33. The third-order valence-electron chi connectivity index (χ3n) is 6.34. The number of nitrogens with two attached hydrogens (primary N) is 1. The van der Waals surface area contributed by atoms with Crippen molar-refractivity contribution in [2.75, 3.05) is 12.4 Å². The first-order chi connectivity index (χ1) is 19.3. The number of benzene rings is 3. The summed E-state index contributed by atoms with van der Waals surface area (Å²) in [5, 5.41) is 13.6. The Balaban J connectivity index is 0.00000387. The number of methoxy groups -OCH3 is 1. The number of hydrogen-bond donors (Lipinski definition) is 3. The second kappa shape index (κ2) is 12.3. The van der Waals surface area contributed by atoms with E-state index < -0.39 is 15.9 Å². The zero-order valence-corrected chi connectivity index (χ0v) is 23.8. The van der Waals surface area contributed by atoms with Crippen LogP contribution in [0.1, 0.15) is 21.6 Å². The van der Waals surface area contributed by atoms with Crippen molar-refractivity contribution in [3.05, 3.63) is 102 Å². The molecule has 12 heteroatoms. The van der Waals surface area contributed by atoms with E-state index >= 15 is 0 Å². The van der Waals surface area contributed by atoms with Gasteiger partial charge in [-0.15, -0.1) is 22.6 Å². The molecule has 0 atom stereocenters. The maximum atomic E-state index is 13.2. The molecule has 0 aliphatic heterocycles. The van der Waals surface area contributed by atoms with Crippen molar-refractivity contribution in [3.8, 4) is 17.0 Å². The molecule has 0 saturated carbocycles. The van der Waals surface area contributed by atoms with Crippen LogP contribution in [-0.2, 0) is 16.6 Å². The minimum atomic E-state index is -3.84. The van der Waals surface area contributed by atoms with Crippen LogP contribution < -0.4 is 20.5 Å². The maximum absolute atomic E-state index is 13.2. The van der Waals surface area contributed by atoms with Crippen LogP contribution in [0.5, 0.6) is 5.75 Å². The van der Waals surface area contributed by atoms with E-state index in [4.69, 9.17) is 10.5 Å². The summed E-state index contributed by atoms with van der Waals surface area (Å²) < 4.78 is 34.3. The van der Waals surface area contributed by atoms with E-state index in [0.29, 0.717) is 39.8 Å². The number of nitrogens with one attached hydrogen (secondary N) is 2. The summed E-state index contributed by atoms with van der Waals surface area (Å²) in [6.45, 7) is 1.81. The number of aromatic nitrogens is 3. The van der Waals surface area contributed by atoms with Crippen molar-refractivity contribution >= 4 is 50.6 Å². The highest BCUT2D eigenvalue weighted by atomic mass is 35.5. The van der Waals surface area contributed by atoms with Crippen molar-refractivity contribution in [1.29, 1.82) is 0 Å². The summed E-state index contributed by atoms with van der Waals surface area (Å²) in [6, 6.07) is 23.0. The number of hydrogen-bond acceptors (Lipinski definition) is 8. The Bertz CT molecular complexity index is 1830. The van der Waals surface area contributed by atoms with E-state index in [2.05, 4.69) is 25.2 Å². The Morgan fingerprint density at radius 2 is 1.71 bits per heavy atom. The second-order valence-electron chi connectivity index (χ2n) is 8.97. The van der Waals surface area contributed by atoms with Gasteiger partial charge >= 0.3 is 0 Å². The molecule has 0 bridgehead atoms. The van der Waals surface area contributed by atoms with Gasteiger partial charge < -0.3 is 15.8 Å². The van der Waals surface area contributed by atoms with Crippen molar-refractivity contribution in [3.63, 3.8) is 0 Å². The minimum absolute atomic E-state index is 0. The number of carbonyl (C=O) groups is 1. The van der Waals surface area contributed by atoms with Gasteiger partial charge in [-0.1, -0.05) is 42.5 Å². The SMILES string of the molecule is COc1ccc(Nc2nnc(-c3ccc(C)c(S(=O)(=O)NCc4ccccn4)c3)c3ccccc23)cc1C(N)=O.Cl. The molecule has 2 heterocycles. The summed E-state index contributed by atoms with van der Waals surface area (Å²) in [4.78, 5) is 16.2. The number of halogens is 1. The number of carbonyl (C=O) groups excluding carboxylic acids is 1. The number of amides is 1. The average molecular weight is 591 g/mol. The molecule has 10 nitrogen and oxygen atoms in total. The molecule has 0 aliphatic carbocycles. The predicted octanol–water partition coefficient (Wildman–Crippen LogP) is 4.75. The molecule has 5 aromatic rings. The van der Waals surface area contributed by atoms with E-state index in [1.165, 1.54) is 7.11 Å². The topological polar surface area (TPSA) is 149 Å². The van der Waals surface area contributed by atoms with E-state index in [-0.39, 0.29) is 29.4 Å². The highest BCUT2D eigenvalue weighted by Gasteiger charge is 2.20. The first-order valence-corrected chi connectivity index (χ1v) is 13.8. The number of nitrogens with zero attached hydrogens (tertiary/aromatic N) is 3. The molecule has 2 aromatic heterocycles. The molecule has 0 aliphatic rings. The van der Waals surface area contributed by atoms with E-state index in [9.17, 15) is 13.2 Å². The van der Waals surface area contributed by atoms with Crippen molar-refractivity contribution in [2.45, 2.75) is 18.4 Å². The van der Waals surface area contributed by atoms with E-state index in [1.807, 2.05) is 30.3 Å². The highest BCUT2D eigenvalue weighted by molar-refractivity contribution is 7.89. The first-order valence-electron chi connectivity index (χ1n) is 12.3. The van der Waals surface area contributed by atoms with Crippen LogP contribution in [-0.4, -0.2) is 36.6 Å². The summed E-state index contributed by atoms with van der Waals surface area (Å²) in [5.74, 6) is 0.201. The monoisotopic (exact) mass is 590 g/mol. The quantitative estimate of drug-likeness (QED) is 0.223. The van der Waals surface area contributed by atoms with Crippen LogP contribution in [0, 0.1) is 6.92 Å². The number of anilines is 2. The molecule has 0 radical (unpaired) electrons. The lowest BCUT2D eigenvalue weighted by atomic mass is 10.0. The second-order valence-corrected chi connectivity index (χ2v) is 10.7. The standard InChI is InChI=1S/C29H26N6O4S.ClH/c1-18-10-11-19(15-26(18)40(37,38)32-17-21-7-5-6-14-31-21)27-22-8-3-4-9-23(22)29(35-34-27)33-20-12-13-25(39-2)24(16-20)28(30)36;/h3-16,32H,17H2,1-2H3,(H2,30,36)(H,33,35);1H. The molecule has 0 fully saturated rings. The molecule has 0 spiro atoms. The van der Waals surface area contributed by atoms with Gasteiger partial charge in [-0.2, -0.15) is 0 Å². The smallest absolute Gasteiger partial charge is 0.252 e. The molecular weight excluding hydrogens is 564 g/mol. The Labute approximate surface area is 243 Å². The molecule has 1 amide bonds. The molecule has 41 heavy (non-hydrogen) atoms. The van der Waals surface area contributed by atoms with Crippen LogP contribution in [0.15, 0.2) is 90.0 Å². The lowest BCUT2D eigenvalue weighted by Gasteiger charge is -2.14. The molecule has 210 valence electrons. The van der Waals surface area contributed by atoms with Gasteiger partial charge in [-0.05, 0) is 48.9 Å². The summed E-state index contributed by atoms with van der Waals surface area (Å²) >= 11 is 0. The molecule has 5 rings (SSSR count). The number of aryl methyl sites for hydroxylation is 1. The number of sulfonamides is 1. The molecule has 3 aromatic carbocycles. The Morgan fingerprint density at radius 1 is 0.951 bits per heavy atom. The van der Waals surface area contributed by atoms with Gasteiger partial charge in [0.15, 0.2) is 5.82 Å². The maximum Gasteiger partial charge on any atom is 0.252 e. The molecule has 0 saturated heterocycles. The van der Waals surface area contributed by atoms with Gasteiger partial charge in [-0.3, -0.25) is 9.78 Å². The van der Waals surface area contributed by atoms with Gasteiger partial charge in [-0.25, -0.2) is 13.1 Å². The van der Waals surface area contributed by atoms with Gasteiger partial charge in [0.2, 0.25) is 10.0 Å². The average Bonchev–Trinajstić information content (AvgIpc) is 2.97. The van der Waals surface area contributed by atoms with Crippen LogP contribution in [0.2, 0.25) is 0 Å². The lowest BCUT2D eigenvalue weighted by molar-refractivity contribution is 0.0997. The number of rotatable bonds is 9. The lowest BCUT2D eigenvalue weighted by Crippen LogP contribution is -2.24. The Morgan fingerprint density at radius 3 is 2.41 bits per heavy atom. The Kier molecular flexibility index (Phi) is 8.82. The summed E-state index contributed by atoms with van der Waals surface area (Å²) in [6.07, 6.45) is 1.61. The summed E-state index contributed by atoms with van der Waals surface area (Å²) in [5.41, 5.74) is 8.63. The number of primary amides is 1. The third kappa shape index (κ3) is 6.27. The minimum Gasteiger partial charge on any atom is -0.496 e. The van der Waals surface area contributed by atoms with Gasteiger partial charge in [0.05, 0.1) is 29.8 Å². The largest absolute Gasteiger partial charge is 0.496 e. The van der Waals surface area contributed by atoms with Crippen LogP contribution in [0.25, 0.3) is 22.0 Å². The van der Waals surface area contributed by atoms with Crippen LogP contribution in [0.3, 0.4) is 0 Å². The van der Waals surface area contributed by atoms with E-state index in [0.717, 1.165) is 10.8 Å². The van der Waals surface area contributed by atoms with Crippen LogP contribution in [0.4, 0.5) is 11.5 Å². The Hall–Kier alpha value is -4.58. The van der Waals surface area contributed by atoms with Crippen molar-refractivity contribution in [1.82, 2.24) is 19.9 Å². The first kappa shape index (κ1) is 29.4. The number of pyridine rings is 1. The normalized spacial score (nSPS) is 11.1. The van der Waals surface area contributed by atoms with Gasteiger partial charge in [0.25, 0.3) is 5.91 Å².